The highest BCUT2D eigenvalue weighted by molar-refractivity contribution is 7.12. The van der Waals surface area contributed by atoms with E-state index < -0.39 is 0 Å². The summed E-state index contributed by atoms with van der Waals surface area (Å²) in [4.78, 5) is 12.9. The molecule has 0 atom stereocenters. The number of carbonyl (C=O) groups is 1. The fourth-order valence-corrected chi connectivity index (χ4v) is 2.64. The van der Waals surface area contributed by atoms with E-state index in [9.17, 15) is 4.79 Å². The van der Waals surface area contributed by atoms with E-state index >= 15 is 0 Å². The van der Waals surface area contributed by atoms with Gasteiger partial charge >= 0.3 is 0 Å². The minimum Gasteiger partial charge on any atom is -0.321 e. The summed E-state index contributed by atoms with van der Waals surface area (Å²) in [5, 5.41) is 4.85. The third kappa shape index (κ3) is 3.27. The zero-order chi connectivity index (χ0) is 14.5. The summed E-state index contributed by atoms with van der Waals surface area (Å²) in [6.07, 6.45) is 0. The summed E-state index contributed by atoms with van der Waals surface area (Å²) in [6.45, 7) is 4.23. The van der Waals surface area contributed by atoms with Crippen LogP contribution in [0.4, 0.5) is 5.69 Å². The van der Waals surface area contributed by atoms with E-state index in [0.29, 0.717) is 6.54 Å². The molecule has 2 aromatic rings. The Morgan fingerprint density at radius 2 is 2.10 bits per heavy atom. The molecule has 0 fully saturated rings. The van der Waals surface area contributed by atoms with Gasteiger partial charge in [0.05, 0.1) is 11.4 Å². The van der Waals surface area contributed by atoms with E-state index in [1.807, 2.05) is 43.5 Å². The van der Waals surface area contributed by atoms with Crippen molar-refractivity contribution in [2.45, 2.75) is 13.8 Å². The van der Waals surface area contributed by atoms with Crippen molar-refractivity contribution >= 4 is 22.9 Å². The van der Waals surface area contributed by atoms with Crippen LogP contribution in [-0.2, 0) is 0 Å². The van der Waals surface area contributed by atoms with Crippen LogP contribution < -0.4 is 11.1 Å². The average Bonchev–Trinajstić information content (AvgIpc) is 2.85. The van der Waals surface area contributed by atoms with Crippen LogP contribution in [0.3, 0.4) is 0 Å². The smallest absolute Gasteiger partial charge is 0.266 e. The van der Waals surface area contributed by atoms with Gasteiger partial charge in [0.25, 0.3) is 5.91 Å². The Bertz CT molecular complexity index is 692. The van der Waals surface area contributed by atoms with Gasteiger partial charge in [-0.15, -0.1) is 11.3 Å². The minimum absolute atomic E-state index is 0.0682. The maximum absolute atomic E-state index is 12.2. The number of rotatable bonds is 2. The minimum atomic E-state index is -0.0682. The molecule has 0 aliphatic rings. The molecule has 0 spiro atoms. The topological polar surface area (TPSA) is 55.1 Å². The van der Waals surface area contributed by atoms with E-state index in [4.69, 9.17) is 5.73 Å². The van der Waals surface area contributed by atoms with Crippen molar-refractivity contribution in [2.75, 3.05) is 11.9 Å². The lowest BCUT2D eigenvalue weighted by Gasteiger charge is -2.08. The first kappa shape index (κ1) is 14.3. The molecule has 102 valence electrons. The van der Waals surface area contributed by atoms with Gasteiger partial charge in [-0.1, -0.05) is 11.8 Å². The highest BCUT2D eigenvalue weighted by atomic mass is 32.1. The molecule has 0 aliphatic heterocycles. The Balaban J connectivity index is 2.18. The summed E-state index contributed by atoms with van der Waals surface area (Å²) in [6, 6.07) is 7.64. The quantitative estimate of drug-likeness (QED) is 0.833. The number of hydrogen-bond acceptors (Lipinski definition) is 3. The summed E-state index contributed by atoms with van der Waals surface area (Å²) in [5.74, 6) is 5.72. The first-order chi connectivity index (χ1) is 9.61. The molecule has 3 nitrogen and oxygen atoms in total. The third-order valence-electron chi connectivity index (χ3n) is 2.88. The predicted octanol–water partition coefficient (Wildman–Crippen LogP) is 2.93. The molecule has 0 unspecified atom stereocenters. The van der Waals surface area contributed by atoms with Gasteiger partial charge in [-0.25, -0.2) is 0 Å². The Morgan fingerprint density at radius 3 is 2.70 bits per heavy atom. The van der Waals surface area contributed by atoms with Gasteiger partial charge in [0.2, 0.25) is 0 Å². The van der Waals surface area contributed by atoms with E-state index in [0.717, 1.165) is 27.3 Å². The number of thiophene rings is 1. The Hall–Kier alpha value is -2.09. The third-order valence-corrected chi connectivity index (χ3v) is 3.89. The van der Waals surface area contributed by atoms with Crippen LogP contribution in [0.1, 0.15) is 26.4 Å². The van der Waals surface area contributed by atoms with Gasteiger partial charge < -0.3 is 11.1 Å². The van der Waals surface area contributed by atoms with Crippen molar-refractivity contribution in [2.24, 2.45) is 5.73 Å². The molecule has 0 aliphatic carbocycles. The van der Waals surface area contributed by atoms with Crippen molar-refractivity contribution in [3.63, 3.8) is 0 Å². The lowest BCUT2D eigenvalue weighted by Crippen LogP contribution is -2.12. The number of hydrogen-bond donors (Lipinski definition) is 2. The molecule has 1 aromatic carbocycles. The van der Waals surface area contributed by atoms with Crippen LogP contribution in [0.25, 0.3) is 0 Å². The van der Waals surface area contributed by atoms with Crippen molar-refractivity contribution in [3.05, 3.63) is 51.2 Å². The van der Waals surface area contributed by atoms with E-state index in [-0.39, 0.29) is 5.91 Å². The largest absolute Gasteiger partial charge is 0.321 e. The second-order valence-electron chi connectivity index (χ2n) is 4.42. The predicted molar refractivity (Wildman–Crippen MR) is 84.1 cm³/mol. The van der Waals surface area contributed by atoms with Crippen LogP contribution in [-0.4, -0.2) is 12.5 Å². The van der Waals surface area contributed by atoms with Gasteiger partial charge in [-0.05, 0) is 54.6 Å². The van der Waals surface area contributed by atoms with Gasteiger partial charge in [0.1, 0.15) is 0 Å². The second kappa shape index (κ2) is 6.38. The zero-order valence-corrected chi connectivity index (χ0v) is 12.3. The summed E-state index contributed by atoms with van der Waals surface area (Å²) in [7, 11) is 0. The van der Waals surface area contributed by atoms with E-state index in [1.165, 1.54) is 11.3 Å². The molecule has 20 heavy (non-hydrogen) atoms. The molecule has 1 aromatic heterocycles. The lowest BCUT2D eigenvalue weighted by atomic mass is 10.1. The molecular weight excluding hydrogens is 268 g/mol. The van der Waals surface area contributed by atoms with Crippen LogP contribution in [0, 0.1) is 25.7 Å². The molecule has 3 N–H and O–H groups in total. The zero-order valence-electron chi connectivity index (χ0n) is 11.5. The van der Waals surface area contributed by atoms with Gasteiger partial charge in [0.15, 0.2) is 0 Å². The second-order valence-corrected chi connectivity index (χ2v) is 5.34. The molecule has 1 heterocycles. The summed E-state index contributed by atoms with van der Waals surface area (Å²) < 4.78 is 0. The highest BCUT2D eigenvalue weighted by Gasteiger charge is 2.11. The number of amides is 1. The molecule has 0 saturated carbocycles. The maximum atomic E-state index is 12.2. The van der Waals surface area contributed by atoms with E-state index in [2.05, 4.69) is 17.2 Å². The number of carbonyl (C=O) groups excluding carboxylic acids is 1. The van der Waals surface area contributed by atoms with Crippen molar-refractivity contribution in [3.8, 4) is 11.8 Å². The molecule has 0 saturated heterocycles. The Morgan fingerprint density at radius 1 is 1.30 bits per heavy atom. The Kier molecular flexibility index (Phi) is 4.57. The van der Waals surface area contributed by atoms with Crippen molar-refractivity contribution in [1.82, 2.24) is 0 Å². The van der Waals surface area contributed by atoms with Crippen molar-refractivity contribution < 1.29 is 4.79 Å². The number of nitrogens with two attached hydrogens (primary N) is 1. The van der Waals surface area contributed by atoms with Gasteiger partial charge in [-0.2, -0.15) is 0 Å². The van der Waals surface area contributed by atoms with Crippen LogP contribution in [0.5, 0.6) is 0 Å². The first-order valence-corrected chi connectivity index (χ1v) is 7.15. The number of aryl methyl sites for hydroxylation is 2. The lowest BCUT2D eigenvalue weighted by molar-refractivity contribution is 0.103. The maximum Gasteiger partial charge on any atom is 0.266 e. The molecular formula is C16H16N2OS. The summed E-state index contributed by atoms with van der Waals surface area (Å²) >= 11 is 1.45. The molecule has 1 amide bonds. The van der Waals surface area contributed by atoms with E-state index in [1.54, 1.807) is 0 Å². The van der Waals surface area contributed by atoms with Crippen LogP contribution >= 0.6 is 11.3 Å². The van der Waals surface area contributed by atoms with Crippen LogP contribution in [0.2, 0.25) is 0 Å². The molecule has 0 radical (unpaired) electrons. The molecule has 4 heteroatoms. The SMILES string of the molecule is Cc1cc(C#CCN)ccc1NC(=O)c1sccc1C. The molecule has 2 rings (SSSR count). The van der Waals surface area contributed by atoms with Crippen LogP contribution in [0.15, 0.2) is 29.6 Å². The summed E-state index contributed by atoms with van der Waals surface area (Å²) in [5.41, 5.74) is 9.04. The highest BCUT2D eigenvalue weighted by Crippen LogP contribution is 2.20. The fraction of sp³-hybridized carbons (Fsp3) is 0.188. The first-order valence-electron chi connectivity index (χ1n) is 6.27. The van der Waals surface area contributed by atoms with Crippen molar-refractivity contribution in [1.29, 1.82) is 0 Å². The average molecular weight is 284 g/mol. The fourth-order valence-electron chi connectivity index (χ4n) is 1.82. The number of nitrogens with one attached hydrogen (secondary N) is 1. The Labute approximate surface area is 122 Å². The van der Waals surface area contributed by atoms with Gasteiger partial charge in [-0.3, -0.25) is 4.79 Å². The molecule has 0 bridgehead atoms. The monoisotopic (exact) mass is 284 g/mol. The normalized spacial score (nSPS) is 9.75. The number of benzene rings is 1. The standard InChI is InChI=1S/C16H16N2OS/c1-11-7-9-20-15(11)16(19)18-14-6-5-13(4-3-8-17)10-12(14)2/h5-7,9-10H,8,17H2,1-2H3,(H,18,19). The van der Waals surface area contributed by atoms with Gasteiger partial charge in [0, 0.05) is 11.3 Å². The number of anilines is 1.